The molecule has 0 aromatic carbocycles. The summed E-state index contributed by atoms with van der Waals surface area (Å²) >= 11 is 0. The molecule has 72 valence electrons. The van der Waals surface area contributed by atoms with E-state index in [4.69, 9.17) is 5.11 Å². The molecule has 0 aromatic heterocycles. The lowest BCUT2D eigenvalue weighted by Gasteiger charge is -2.07. The molecular formula is C9H19NO2. The SMILES string of the molecule is CCC[C@H](O)C1C[C@H]1CNCO. The molecule has 3 nitrogen and oxygen atoms in total. The van der Waals surface area contributed by atoms with Crippen LogP contribution in [0, 0.1) is 11.8 Å². The minimum atomic E-state index is -0.111. The molecule has 1 rings (SSSR count). The molecule has 1 saturated carbocycles. The van der Waals surface area contributed by atoms with Gasteiger partial charge >= 0.3 is 0 Å². The number of aliphatic hydroxyl groups excluding tert-OH is 2. The Bertz CT molecular complexity index is 130. The minimum absolute atomic E-state index is 0.0487. The second-order valence-corrected chi connectivity index (χ2v) is 3.63. The van der Waals surface area contributed by atoms with Crippen LogP contribution in [0.2, 0.25) is 0 Å². The van der Waals surface area contributed by atoms with Crippen molar-refractivity contribution in [3.63, 3.8) is 0 Å². The van der Waals surface area contributed by atoms with Crippen LogP contribution in [0.3, 0.4) is 0 Å². The molecule has 1 aliphatic rings. The fourth-order valence-corrected chi connectivity index (χ4v) is 1.74. The first-order valence-corrected chi connectivity index (χ1v) is 4.79. The largest absolute Gasteiger partial charge is 0.393 e. The molecule has 0 heterocycles. The van der Waals surface area contributed by atoms with Crippen molar-refractivity contribution >= 4 is 0 Å². The van der Waals surface area contributed by atoms with E-state index in [9.17, 15) is 5.11 Å². The fraction of sp³-hybridized carbons (Fsp3) is 1.00. The number of rotatable bonds is 6. The molecule has 0 aliphatic heterocycles. The fourth-order valence-electron chi connectivity index (χ4n) is 1.74. The summed E-state index contributed by atoms with van der Waals surface area (Å²) in [5.74, 6) is 1.09. The Kier molecular flexibility index (Phi) is 3.98. The molecule has 0 bridgehead atoms. The maximum Gasteiger partial charge on any atom is 0.0931 e. The molecule has 0 amide bonds. The molecule has 3 heteroatoms. The van der Waals surface area contributed by atoms with E-state index in [1.807, 2.05) is 0 Å². The molecule has 0 saturated heterocycles. The van der Waals surface area contributed by atoms with Crippen LogP contribution in [0.5, 0.6) is 0 Å². The third kappa shape index (κ3) is 2.73. The number of hydrogen-bond acceptors (Lipinski definition) is 3. The standard InChI is InChI=1S/C9H19NO2/c1-2-3-9(12)8-4-7(8)5-10-6-11/h7-12H,2-6H2,1H3/t7-,8?,9-/m0/s1. The smallest absolute Gasteiger partial charge is 0.0931 e. The first kappa shape index (κ1) is 9.96. The highest BCUT2D eigenvalue weighted by Crippen LogP contribution is 2.41. The van der Waals surface area contributed by atoms with E-state index in [1.54, 1.807) is 0 Å². The zero-order valence-electron chi connectivity index (χ0n) is 7.66. The number of nitrogens with one attached hydrogen (secondary N) is 1. The summed E-state index contributed by atoms with van der Waals surface area (Å²) in [5.41, 5.74) is 0. The maximum absolute atomic E-state index is 9.57. The predicted octanol–water partition coefficient (Wildman–Crippen LogP) is 0.323. The molecule has 3 atom stereocenters. The zero-order valence-corrected chi connectivity index (χ0v) is 7.66. The average Bonchev–Trinajstić information content (AvgIpc) is 2.80. The molecule has 1 aliphatic carbocycles. The number of aliphatic hydroxyl groups is 2. The van der Waals surface area contributed by atoms with Crippen LogP contribution in [0.25, 0.3) is 0 Å². The van der Waals surface area contributed by atoms with Crippen LogP contribution in [0.4, 0.5) is 0 Å². The van der Waals surface area contributed by atoms with Gasteiger partial charge in [-0.25, -0.2) is 0 Å². The van der Waals surface area contributed by atoms with Gasteiger partial charge in [0.2, 0.25) is 0 Å². The summed E-state index contributed by atoms with van der Waals surface area (Å²) in [6.45, 7) is 2.99. The first-order chi connectivity index (χ1) is 5.79. The Morgan fingerprint density at radius 3 is 2.92 bits per heavy atom. The third-order valence-electron chi connectivity index (χ3n) is 2.57. The highest BCUT2D eigenvalue weighted by atomic mass is 16.3. The van der Waals surface area contributed by atoms with Crippen LogP contribution < -0.4 is 5.32 Å². The maximum atomic E-state index is 9.57. The highest BCUT2D eigenvalue weighted by Gasteiger charge is 2.41. The van der Waals surface area contributed by atoms with E-state index >= 15 is 0 Å². The van der Waals surface area contributed by atoms with Gasteiger partial charge in [-0.2, -0.15) is 0 Å². The topological polar surface area (TPSA) is 52.5 Å². The summed E-state index contributed by atoms with van der Waals surface area (Å²) < 4.78 is 0. The molecule has 1 unspecified atom stereocenters. The zero-order chi connectivity index (χ0) is 8.97. The van der Waals surface area contributed by atoms with E-state index in [-0.39, 0.29) is 12.8 Å². The van der Waals surface area contributed by atoms with E-state index in [2.05, 4.69) is 12.2 Å². The van der Waals surface area contributed by atoms with Crippen molar-refractivity contribution in [2.45, 2.75) is 32.3 Å². The van der Waals surface area contributed by atoms with Crippen molar-refractivity contribution in [2.24, 2.45) is 11.8 Å². The lowest BCUT2D eigenvalue weighted by Crippen LogP contribution is -2.20. The van der Waals surface area contributed by atoms with Crippen molar-refractivity contribution in [2.75, 3.05) is 13.3 Å². The van der Waals surface area contributed by atoms with Crippen LogP contribution in [-0.4, -0.2) is 29.6 Å². The van der Waals surface area contributed by atoms with Crippen molar-refractivity contribution in [1.82, 2.24) is 5.32 Å². The molecule has 0 spiro atoms. The van der Waals surface area contributed by atoms with Gasteiger partial charge in [-0.15, -0.1) is 0 Å². The van der Waals surface area contributed by atoms with Gasteiger partial charge in [-0.1, -0.05) is 13.3 Å². The third-order valence-corrected chi connectivity index (χ3v) is 2.57. The van der Waals surface area contributed by atoms with Crippen molar-refractivity contribution in [1.29, 1.82) is 0 Å². The lowest BCUT2D eigenvalue weighted by molar-refractivity contribution is 0.133. The van der Waals surface area contributed by atoms with Crippen LogP contribution in [0.15, 0.2) is 0 Å². The van der Waals surface area contributed by atoms with E-state index in [0.29, 0.717) is 11.8 Å². The van der Waals surface area contributed by atoms with Gasteiger partial charge in [0.25, 0.3) is 0 Å². The van der Waals surface area contributed by atoms with Gasteiger partial charge in [-0.3, -0.25) is 5.32 Å². The van der Waals surface area contributed by atoms with Crippen LogP contribution in [0.1, 0.15) is 26.2 Å². The lowest BCUT2D eigenvalue weighted by atomic mass is 10.1. The normalized spacial score (nSPS) is 30.2. The molecule has 0 radical (unpaired) electrons. The van der Waals surface area contributed by atoms with E-state index < -0.39 is 0 Å². The average molecular weight is 173 g/mol. The van der Waals surface area contributed by atoms with Crippen molar-refractivity contribution in [3.05, 3.63) is 0 Å². The predicted molar refractivity (Wildman–Crippen MR) is 47.6 cm³/mol. The minimum Gasteiger partial charge on any atom is -0.393 e. The summed E-state index contributed by atoms with van der Waals surface area (Å²) in [7, 11) is 0. The highest BCUT2D eigenvalue weighted by molar-refractivity contribution is 4.92. The second kappa shape index (κ2) is 4.80. The first-order valence-electron chi connectivity index (χ1n) is 4.79. The quantitative estimate of drug-likeness (QED) is 0.507. The summed E-state index contributed by atoms with van der Waals surface area (Å²) in [4.78, 5) is 0. The monoisotopic (exact) mass is 173 g/mol. The van der Waals surface area contributed by atoms with Gasteiger partial charge in [0.1, 0.15) is 0 Å². The molecule has 12 heavy (non-hydrogen) atoms. The summed E-state index contributed by atoms with van der Waals surface area (Å²) in [6, 6.07) is 0. The van der Waals surface area contributed by atoms with Crippen molar-refractivity contribution < 1.29 is 10.2 Å². The molecule has 3 N–H and O–H groups in total. The Morgan fingerprint density at radius 2 is 2.33 bits per heavy atom. The Labute approximate surface area is 73.8 Å². The van der Waals surface area contributed by atoms with Gasteiger partial charge in [-0.05, 0) is 24.7 Å². The summed E-state index contributed by atoms with van der Waals surface area (Å²) in [5, 5.41) is 20.9. The van der Waals surface area contributed by atoms with E-state index in [0.717, 1.165) is 25.8 Å². The van der Waals surface area contributed by atoms with Crippen molar-refractivity contribution in [3.8, 4) is 0 Å². The molecule has 0 aromatic rings. The molecule has 1 fully saturated rings. The Balaban J connectivity index is 2.06. The Hall–Kier alpha value is -0.120. The van der Waals surface area contributed by atoms with Gasteiger partial charge in [0.15, 0.2) is 0 Å². The van der Waals surface area contributed by atoms with Gasteiger partial charge in [0, 0.05) is 6.54 Å². The van der Waals surface area contributed by atoms with E-state index in [1.165, 1.54) is 0 Å². The van der Waals surface area contributed by atoms with Gasteiger partial charge in [0.05, 0.1) is 12.8 Å². The second-order valence-electron chi connectivity index (χ2n) is 3.63. The van der Waals surface area contributed by atoms with Crippen LogP contribution in [-0.2, 0) is 0 Å². The van der Waals surface area contributed by atoms with Gasteiger partial charge < -0.3 is 10.2 Å². The Morgan fingerprint density at radius 1 is 1.58 bits per heavy atom. The summed E-state index contributed by atoms with van der Waals surface area (Å²) in [6.07, 6.45) is 2.98. The van der Waals surface area contributed by atoms with Crippen LogP contribution >= 0.6 is 0 Å². The molecular weight excluding hydrogens is 154 g/mol. The number of hydrogen-bond donors (Lipinski definition) is 3.